The first-order valence-electron chi connectivity index (χ1n) is 6.95. The number of hydrogen-bond acceptors (Lipinski definition) is 2. The summed E-state index contributed by atoms with van der Waals surface area (Å²) in [6.45, 7) is 3.49. The molecule has 0 unspecified atom stereocenters. The standard InChI is InChI=1S/C15H22N2/c1-2-6-13(7-3-1)12-17-11-10-16-14-8-4-5-9-15(14)17/h1-3,6-7,14-16H,4-5,8-12H2/t14-,15+/m0/s1. The lowest BCUT2D eigenvalue weighted by atomic mass is 9.87. The second-order valence-corrected chi connectivity index (χ2v) is 5.37. The molecule has 0 bridgehead atoms. The van der Waals surface area contributed by atoms with Gasteiger partial charge in [0.25, 0.3) is 0 Å². The number of hydrogen-bond donors (Lipinski definition) is 1. The molecule has 0 aromatic heterocycles. The minimum absolute atomic E-state index is 0.751. The molecule has 0 spiro atoms. The Kier molecular flexibility index (Phi) is 3.44. The summed E-state index contributed by atoms with van der Waals surface area (Å²) in [4.78, 5) is 2.69. The van der Waals surface area contributed by atoms with Crippen LogP contribution in [-0.4, -0.2) is 30.1 Å². The van der Waals surface area contributed by atoms with Gasteiger partial charge in [-0.1, -0.05) is 43.2 Å². The minimum Gasteiger partial charge on any atom is -0.311 e. The molecule has 2 fully saturated rings. The zero-order valence-corrected chi connectivity index (χ0v) is 10.4. The Hall–Kier alpha value is -0.860. The number of nitrogens with one attached hydrogen (secondary N) is 1. The molecule has 1 N–H and O–H groups in total. The third-order valence-electron chi connectivity index (χ3n) is 4.23. The molecule has 1 aliphatic carbocycles. The molecule has 1 aromatic carbocycles. The lowest BCUT2D eigenvalue weighted by molar-refractivity contribution is 0.0815. The van der Waals surface area contributed by atoms with E-state index in [9.17, 15) is 0 Å². The van der Waals surface area contributed by atoms with Gasteiger partial charge in [0, 0.05) is 31.7 Å². The molecule has 1 aliphatic heterocycles. The summed E-state index contributed by atoms with van der Waals surface area (Å²) in [5.41, 5.74) is 1.46. The Labute approximate surface area is 104 Å². The van der Waals surface area contributed by atoms with Crippen LogP contribution in [0.5, 0.6) is 0 Å². The molecule has 1 saturated heterocycles. The van der Waals surface area contributed by atoms with Gasteiger partial charge in [-0.3, -0.25) is 4.90 Å². The van der Waals surface area contributed by atoms with Gasteiger partial charge in [-0.15, -0.1) is 0 Å². The summed E-state index contributed by atoms with van der Waals surface area (Å²) >= 11 is 0. The van der Waals surface area contributed by atoms with Crippen LogP contribution in [0.1, 0.15) is 31.2 Å². The van der Waals surface area contributed by atoms with Crippen molar-refractivity contribution in [2.24, 2.45) is 0 Å². The molecule has 2 aliphatic rings. The first-order chi connectivity index (χ1) is 8.43. The molecule has 1 aromatic rings. The second kappa shape index (κ2) is 5.19. The van der Waals surface area contributed by atoms with Crippen molar-refractivity contribution < 1.29 is 0 Å². The predicted octanol–water partition coefficient (Wildman–Crippen LogP) is 2.40. The highest BCUT2D eigenvalue weighted by molar-refractivity contribution is 5.15. The molecule has 1 saturated carbocycles. The van der Waals surface area contributed by atoms with Gasteiger partial charge in [-0.2, -0.15) is 0 Å². The van der Waals surface area contributed by atoms with Crippen LogP contribution >= 0.6 is 0 Å². The lowest BCUT2D eigenvalue weighted by Crippen LogP contribution is -2.58. The van der Waals surface area contributed by atoms with Crippen molar-refractivity contribution >= 4 is 0 Å². The van der Waals surface area contributed by atoms with Gasteiger partial charge < -0.3 is 5.32 Å². The Balaban J connectivity index is 1.69. The topological polar surface area (TPSA) is 15.3 Å². The highest BCUT2D eigenvalue weighted by atomic mass is 15.2. The number of piperazine rings is 1. The van der Waals surface area contributed by atoms with E-state index in [0.29, 0.717) is 0 Å². The molecule has 1 heterocycles. The maximum absolute atomic E-state index is 3.70. The SMILES string of the molecule is c1ccc(CN2CCN[C@H]3CCCC[C@H]32)cc1. The molecule has 92 valence electrons. The smallest absolute Gasteiger partial charge is 0.0253 e. The van der Waals surface area contributed by atoms with Crippen LogP contribution in [0.3, 0.4) is 0 Å². The molecule has 0 radical (unpaired) electrons. The van der Waals surface area contributed by atoms with Crippen LogP contribution in [0.15, 0.2) is 30.3 Å². The third kappa shape index (κ3) is 2.53. The molecule has 2 atom stereocenters. The zero-order valence-electron chi connectivity index (χ0n) is 10.4. The highest BCUT2D eigenvalue weighted by Gasteiger charge is 2.32. The van der Waals surface area contributed by atoms with E-state index in [2.05, 4.69) is 40.5 Å². The van der Waals surface area contributed by atoms with Gasteiger partial charge in [0.05, 0.1) is 0 Å². The zero-order chi connectivity index (χ0) is 11.5. The van der Waals surface area contributed by atoms with Gasteiger partial charge in [0.2, 0.25) is 0 Å². The van der Waals surface area contributed by atoms with Crippen molar-refractivity contribution in [3.63, 3.8) is 0 Å². The highest BCUT2D eigenvalue weighted by Crippen LogP contribution is 2.26. The number of nitrogens with zero attached hydrogens (tertiary/aromatic N) is 1. The van der Waals surface area contributed by atoms with Crippen molar-refractivity contribution in [3.8, 4) is 0 Å². The minimum atomic E-state index is 0.751. The summed E-state index contributed by atoms with van der Waals surface area (Å²) in [5, 5.41) is 3.70. The van der Waals surface area contributed by atoms with Gasteiger partial charge >= 0.3 is 0 Å². The summed E-state index contributed by atoms with van der Waals surface area (Å²) in [7, 11) is 0. The summed E-state index contributed by atoms with van der Waals surface area (Å²) in [5.74, 6) is 0. The van der Waals surface area contributed by atoms with Crippen LogP contribution in [0.2, 0.25) is 0 Å². The number of rotatable bonds is 2. The molecule has 2 heteroatoms. The Bertz CT molecular complexity index is 347. The largest absolute Gasteiger partial charge is 0.311 e. The van der Waals surface area contributed by atoms with E-state index in [4.69, 9.17) is 0 Å². The fraction of sp³-hybridized carbons (Fsp3) is 0.600. The molecule has 17 heavy (non-hydrogen) atoms. The van der Waals surface area contributed by atoms with Crippen LogP contribution in [-0.2, 0) is 6.54 Å². The summed E-state index contributed by atoms with van der Waals surface area (Å²) < 4.78 is 0. The average Bonchev–Trinajstić information content (AvgIpc) is 2.40. The fourth-order valence-electron chi connectivity index (χ4n) is 3.36. The molecular weight excluding hydrogens is 208 g/mol. The maximum atomic E-state index is 3.70. The van der Waals surface area contributed by atoms with Crippen molar-refractivity contribution in [2.75, 3.05) is 13.1 Å². The predicted molar refractivity (Wildman–Crippen MR) is 70.9 cm³/mol. The van der Waals surface area contributed by atoms with E-state index in [1.165, 1.54) is 37.8 Å². The fourth-order valence-corrected chi connectivity index (χ4v) is 3.36. The van der Waals surface area contributed by atoms with Crippen LogP contribution in [0.25, 0.3) is 0 Å². The van der Waals surface area contributed by atoms with Gasteiger partial charge in [-0.25, -0.2) is 0 Å². The van der Waals surface area contributed by atoms with E-state index in [-0.39, 0.29) is 0 Å². The number of fused-ring (bicyclic) bond motifs is 1. The molecule has 2 nitrogen and oxygen atoms in total. The van der Waals surface area contributed by atoms with Crippen molar-refractivity contribution in [1.29, 1.82) is 0 Å². The summed E-state index contributed by atoms with van der Waals surface area (Å²) in [6, 6.07) is 12.4. The van der Waals surface area contributed by atoms with E-state index in [1.807, 2.05) is 0 Å². The Morgan fingerprint density at radius 1 is 1.12 bits per heavy atom. The Morgan fingerprint density at radius 2 is 1.94 bits per heavy atom. The summed E-state index contributed by atoms with van der Waals surface area (Å²) in [6.07, 6.45) is 5.57. The van der Waals surface area contributed by atoms with Crippen molar-refractivity contribution in [2.45, 2.75) is 44.3 Å². The van der Waals surface area contributed by atoms with Crippen molar-refractivity contribution in [3.05, 3.63) is 35.9 Å². The lowest BCUT2D eigenvalue weighted by Gasteiger charge is -2.44. The first kappa shape index (κ1) is 11.2. The van der Waals surface area contributed by atoms with E-state index < -0.39 is 0 Å². The van der Waals surface area contributed by atoms with Crippen molar-refractivity contribution in [1.82, 2.24) is 10.2 Å². The van der Waals surface area contributed by atoms with Crippen LogP contribution in [0.4, 0.5) is 0 Å². The maximum Gasteiger partial charge on any atom is 0.0253 e. The van der Waals surface area contributed by atoms with Gasteiger partial charge in [-0.05, 0) is 18.4 Å². The van der Waals surface area contributed by atoms with Crippen LogP contribution in [0, 0.1) is 0 Å². The molecular formula is C15H22N2. The first-order valence-corrected chi connectivity index (χ1v) is 6.95. The normalized spacial score (nSPS) is 29.9. The van der Waals surface area contributed by atoms with Crippen LogP contribution < -0.4 is 5.32 Å². The molecule has 3 rings (SSSR count). The number of benzene rings is 1. The average molecular weight is 230 g/mol. The van der Waals surface area contributed by atoms with E-state index in [0.717, 1.165) is 25.2 Å². The quantitative estimate of drug-likeness (QED) is 0.839. The van der Waals surface area contributed by atoms with E-state index >= 15 is 0 Å². The van der Waals surface area contributed by atoms with E-state index in [1.54, 1.807) is 0 Å². The van der Waals surface area contributed by atoms with Gasteiger partial charge in [0.15, 0.2) is 0 Å². The van der Waals surface area contributed by atoms with Gasteiger partial charge in [0.1, 0.15) is 0 Å². The molecule has 0 amide bonds. The third-order valence-corrected chi connectivity index (χ3v) is 4.23. The second-order valence-electron chi connectivity index (χ2n) is 5.37. The monoisotopic (exact) mass is 230 g/mol. The Morgan fingerprint density at radius 3 is 2.82 bits per heavy atom.